The summed E-state index contributed by atoms with van der Waals surface area (Å²) < 4.78 is 27.8. The summed E-state index contributed by atoms with van der Waals surface area (Å²) in [6.45, 7) is 2.35. The van der Waals surface area contributed by atoms with Crippen LogP contribution < -0.4 is 5.32 Å². The van der Waals surface area contributed by atoms with Gasteiger partial charge in [-0.25, -0.2) is 8.78 Å². The van der Waals surface area contributed by atoms with Gasteiger partial charge in [0.2, 0.25) is 0 Å². The topological polar surface area (TPSA) is 12.0 Å². The van der Waals surface area contributed by atoms with E-state index in [0.717, 1.165) is 15.6 Å². The molecule has 2 aromatic rings. The number of nitrogens with one attached hydrogen (secondary N) is 1. The Kier molecular flexibility index (Phi) is 3.97. The summed E-state index contributed by atoms with van der Waals surface area (Å²) in [7, 11) is 0. The normalized spacial score (nSPS) is 10.4. The van der Waals surface area contributed by atoms with E-state index in [2.05, 4.69) is 21.2 Å². The molecule has 1 nitrogen and oxygen atoms in total. The fourth-order valence-electron chi connectivity index (χ4n) is 1.67. The summed E-state index contributed by atoms with van der Waals surface area (Å²) >= 11 is 3.41. The van der Waals surface area contributed by atoms with Gasteiger partial charge in [-0.15, -0.1) is 0 Å². The number of benzene rings is 2. The third-order valence-corrected chi connectivity index (χ3v) is 3.54. The van der Waals surface area contributed by atoms with E-state index in [0.29, 0.717) is 6.54 Å². The van der Waals surface area contributed by atoms with E-state index in [4.69, 9.17) is 0 Å². The van der Waals surface area contributed by atoms with Gasteiger partial charge < -0.3 is 5.32 Å². The van der Waals surface area contributed by atoms with Crippen LogP contribution in [0.2, 0.25) is 0 Å². The van der Waals surface area contributed by atoms with Crippen LogP contribution in [0.1, 0.15) is 11.1 Å². The maximum Gasteiger partial charge on any atom is 0.149 e. The van der Waals surface area contributed by atoms with Crippen molar-refractivity contribution in [3.8, 4) is 0 Å². The summed E-state index contributed by atoms with van der Waals surface area (Å²) in [5, 5.41) is 2.78. The zero-order valence-corrected chi connectivity index (χ0v) is 11.4. The van der Waals surface area contributed by atoms with Gasteiger partial charge in [0.25, 0.3) is 0 Å². The Morgan fingerprint density at radius 3 is 2.39 bits per heavy atom. The molecule has 18 heavy (non-hydrogen) atoms. The minimum Gasteiger partial charge on any atom is -0.376 e. The molecule has 0 atom stereocenters. The van der Waals surface area contributed by atoms with E-state index in [-0.39, 0.29) is 5.69 Å². The molecular weight excluding hydrogens is 300 g/mol. The minimum atomic E-state index is -0.580. The third-order valence-electron chi connectivity index (χ3n) is 2.65. The van der Waals surface area contributed by atoms with E-state index >= 15 is 0 Å². The van der Waals surface area contributed by atoms with Crippen molar-refractivity contribution in [1.82, 2.24) is 0 Å². The third kappa shape index (κ3) is 2.88. The number of hydrogen-bond donors (Lipinski definition) is 1. The highest BCUT2D eigenvalue weighted by molar-refractivity contribution is 9.10. The zero-order valence-electron chi connectivity index (χ0n) is 9.81. The van der Waals surface area contributed by atoms with Gasteiger partial charge in [-0.1, -0.05) is 34.1 Å². The Labute approximate surface area is 113 Å². The highest BCUT2D eigenvalue weighted by atomic mass is 79.9. The Bertz CT molecular complexity index is 549. The van der Waals surface area contributed by atoms with Crippen LogP contribution in [0.25, 0.3) is 0 Å². The number of anilines is 1. The van der Waals surface area contributed by atoms with Crippen LogP contribution in [-0.2, 0) is 6.54 Å². The maximum absolute atomic E-state index is 13.4. The van der Waals surface area contributed by atoms with Gasteiger partial charge in [0.05, 0.1) is 0 Å². The molecule has 94 valence electrons. The van der Waals surface area contributed by atoms with Crippen LogP contribution in [0, 0.1) is 18.6 Å². The van der Waals surface area contributed by atoms with Crippen molar-refractivity contribution in [2.45, 2.75) is 13.5 Å². The molecule has 0 saturated heterocycles. The van der Waals surface area contributed by atoms with Crippen molar-refractivity contribution < 1.29 is 8.78 Å². The van der Waals surface area contributed by atoms with Crippen LogP contribution in [0.4, 0.5) is 14.5 Å². The second-order valence-corrected chi connectivity index (χ2v) is 4.89. The number of rotatable bonds is 3. The molecule has 0 heterocycles. The quantitative estimate of drug-likeness (QED) is 0.870. The monoisotopic (exact) mass is 311 g/mol. The van der Waals surface area contributed by atoms with Gasteiger partial charge in [-0.3, -0.25) is 0 Å². The molecule has 0 aliphatic carbocycles. The second-order valence-electron chi connectivity index (χ2n) is 4.03. The first-order chi connectivity index (χ1) is 8.58. The second kappa shape index (κ2) is 5.48. The van der Waals surface area contributed by atoms with Gasteiger partial charge in [0.15, 0.2) is 0 Å². The number of halogens is 3. The molecule has 4 heteroatoms. The number of aryl methyl sites for hydroxylation is 1. The highest BCUT2D eigenvalue weighted by Gasteiger charge is 2.07. The molecule has 0 aliphatic heterocycles. The van der Waals surface area contributed by atoms with Crippen LogP contribution in [0.15, 0.2) is 40.9 Å². The summed E-state index contributed by atoms with van der Waals surface area (Å²) in [4.78, 5) is 0. The Hall–Kier alpha value is -1.42. The Morgan fingerprint density at radius 1 is 1.11 bits per heavy atom. The standard InChI is InChI=1S/C14H12BrF2N/c1-9-7-10(5-6-11(9)15)8-18-14-12(16)3-2-4-13(14)17/h2-7,18H,8H2,1H3. The smallest absolute Gasteiger partial charge is 0.149 e. The van der Waals surface area contributed by atoms with Crippen molar-refractivity contribution in [1.29, 1.82) is 0 Å². The first-order valence-corrected chi connectivity index (χ1v) is 6.30. The lowest BCUT2D eigenvalue weighted by Gasteiger charge is -2.09. The van der Waals surface area contributed by atoms with Crippen molar-refractivity contribution in [3.05, 3.63) is 63.6 Å². The van der Waals surface area contributed by atoms with E-state index in [9.17, 15) is 8.78 Å². The molecular formula is C14H12BrF2N. The van der Waals surface area contributed by atoms with Crippen molar-refractivity contribution >= 4 is 21.6 Å². The first kappa shape index (κ1) is 13.0. The van der Waals surface area contributed by atoms with Gasteiger partial charge in [-0.2, -0.15) is 0 Å². The van der Waals surface area contributed by atoms with Crippen LogP contribution in [-0.4, -0.2) is 0 Å². The molecule has 0 bridgehead atoms. The van der Waals surface area contributed by atoms with Crippen molar-refractivity contribution in [3.63, 3.8) is 0 Å². The lowest BCUT2D eigenvalue weighted by atomic mass is 10.1. The van der Waals surface area contributed by atoms with Gasteiger partial charge >= 0.3 is 0 Å². The molecule has 0 radical (unpaired) electrons. The molecule has 0 unspecified atom stereocenters. The largest absolute Gasteiger partial charge is 0.376 e. The van der Waals surface area contributed by atoms with Crippen molar-refractivity contribution in [2.75, 3.05) is 5.32 Å². The zero-order chi connectivity index (χ0) is 13.1. The molecule has 0 fully saturated rings. The maximum atomic E-state index is 13.4. The first-order valence-electron chi connectivity index (χ1n) is 5.51. The average Bonchev–Trinajstić information content (AvgIpc) is 2.33. The fraction of sp³-hybridized carbons (Fsp3) is 0.143. The molecule has 0 aliphatic rings. The fourth-order valence-corrected chi connectivity index (χ4v) is 1.92. The summed E-state index contributed by atoms with van der Waals surface area (Å²) in [5.41, 5.74) is 1.97. The Morgan fingerprint density at radius 2 is 1.78 bits per heavy atom. The SMILES string of the molecule is Cc1cc(CNc2c(F)cccc2F)ccc1Br. The molecule has 2 rings (SSSR count). The highest BCUT2D eigenvalue weighted by Crippen LogP contribution is 2.21. The molecule has 0 saturated carbocycles. The predicted molar refractivity (Wildman–Crippen MR) is 72.6 cm³/mol. The molecule has 1 N–H and O–H groups in total. The van der Waals surface area contributed by atoms with Gasteiger partial charge in [0, 0.05) is 11.0 Å². The molecule has 0 amide bonds. The van der Waals surface area contributed by atoms with Gasteiger partial charge in [0.1, 0.15) is 17.3 Å². The van der Waals surface area contributed by atoms with E-state index in [1.807, 2.05) is 25.1 Å². The molecule has 2 aromatic carbocycles. The molecule has 0 spiro atoms. The summed E-state index contributed by atoms with van der Waals surface area (Å²) in [6, 6.07) is 9.61. The minimum absolute atomic E-state index is 0.0851. The van der Waals surface area contributed by atoms with Crippen molar-refractivity contribution in [2.24, 2.45) is 0 Å². The average molecular weight is 312 g/mol. The predicted octanol–water partition coefficient (Wildman–Crippen LogP) is 4.65. The van der Waals surface area contributed by atoms with Gasteiger partial charge in [-0.05, 0) is 36.2 Å². The van der Waals surface area contributed by atoms with E-state index in [1.54, 1.807) is 0 Å². The van der Waals surface area contributed by atoms with Crippen LogP contribution in [0.5, 0.6) is 0 Å². The Balaban J connectivity index is 2.14. The summed E-state index contributed by atoms with van der Waals surface area (Å²) in [5.74, 6) is -1.16. The summed E-state index contributed by atoms with van der Waals surface area (Å²) in [6.07, 6.45) is 0. The van der Waals surface area contributed by atoms with Crippen LogP contribution >= 0.6 is 15.9 Å². The number of hydrogen-bond acceptors (Lipinski definition) is 1. The van der Waals surface area contributed by atoms with E-state index < -0.39 is 11.6 Å². The van der Waals surface area contributed by atoms with E-state index in [1.165, 1.54) is 18.2 Å². The number of para-hydroxylation sites is 1. The lowest BCUT2D eigenvalue weighted by Crippen LogP contribution is -2.04. The lowest BCUT2D eigenvalue weighted by molar-refractivity contribution is 0.588. The van der Waals surface area contributed by atoms with Crippen LogP contribution in [0.3, 0.4) is 0 Å². The molecule has 0 aromatic heterocycles.